The summed E-state index contributed by atoms with van der Waals surface area (Å²) < 4.78 is 2.12. The fourth-order valence-corrected chi connectivity index (χ4v) is 3.53. The third-order valence-corrected chi connectivity index (χ3v) is 4.67. The van der Waals surface area contributed by atoms with Crippen LogP contribution in [-0.4, -0.2) is 22.5 Å². The van der Waals surface area contributed by atoms with Crippen LogP contribution in [0, 0.1) is 0 Å². The van der Waals surface area contributed by atoms with Crippen LogP contribution in [0.15, 0.2) is 29.4 Å². The van der Waals surface area contributed by atoms with Crippen molar-refractivity contribution in [1.82, 2.24) is 14.7 Å². The summed E-state index contributed by atoms with van der Waals surface area (Å²) in [4.78, 5) is 5.77. The summed E-state index contributed by atoms with van der Waals surface area (Å²) in [6.07, 6.45) is 14.2. The van der Waals surface area contributed by atoms with E-state index >= 15 is 0 Å². The van der Waals surface area contributed by atoms with Crippen molar-refractivity contribution >= 4 is 16.3 Å². The van der Waals surface area contributed by atoms with Crippen LogP contribution in [0.1, 0.15) is 37.8 Å². The molecule has 0 saturated heterocycles. The predicted octanol–water partition coefficient (Wildman–Crippen LogP) is 3.42. The van der Waals surface area contributed by atoms with Gasteiger partial charge in [-0.25, -0.2) is 4.98 Å². The van der Waals surface area contributed by atoms with Crippen molar-refractivity contribution in [2.75, 3.05) is 7.05 Å². The monoisotopic (exact) mass is 275 g/mol. The second-order valence-corrected chi connectivity index (χ2v) is 6.20. The number of allylic oxidation sites excluding steroid dienone is 1. The highest BCUT2D eigenvalue weighted by Gasteiger charge is 2.14. The molecule has 1 N–H and O–H groups in total. The van der Waals surface area contributed by atoms with Crippen molar-refractivity contribution in [2.45, 2.75) is 44.6 Å². The summed E-state index contributed by atoms with van der Waals surface area (Å²) in [7, 11) is 2.06. The van der Waals surface area contributed by atoms with Crippen LogP contribution >= 0.6 is 11.3 Å². The molecule has 0 spiro atoms. The first-order valence-corrected chi connectivity index (χ1v) is 7.99. The highest BCUT2D eigenvalue weighted by molar-refractivity contribution is 7.15. The zero-order chi connectivity index (χ0) is 13.1. The third kappa shape index (κ3) is 3.07. The molecule has 1 unspecified atom stereocenters. The summed E-state index contributed by atoms with van der Waals surface area (Å²) >= 11 is 1.70. The minimum absolute atomic E-state index is 0.508. The molecule has 102 valence electrons. The number of likely N-dealkylation sites (N-methyl/N-ethyl adjacent to an activating group) is 1. The quantitative estimate of drug-likeness (QED) is 0.847. The maximum absolute atomic E-state index is 4.68. The number of rotatable bonds is 5. The Hall–Kier alpha value is -1.13. The number of hydrogen-bond acceptors (Lipinski definition) is 3. The summed E-state index contributed by atoms with van der Waals surface area (Å²) in [5.74, 6) is 0. The number of aromatic nitrogens is 2. The average molecular weight is 275 g/mol. The normalized spacial score (nSPS) is 17.6. The van der Waals surface area contributed by atoms with Gasteiger partial charge in [-0.3, -0.25) is 4.40 Å². The third-order valence-electron chi connectivity index (χ3n) is 3.90. The fourth-order valence-electron chi connectivity index (χ4n) is 2.81. The molecule has 19 heavy (non-hydrogen) atoms. The zero-order valence-electron chi connectivity index (χ0n) is 11.4. The van der Waals surface area contributed by atoms with Crippen LogP contribution in [0.25, 0.3) is 4.96 Å². The Kier molecular flexibility index (Phi) is 3.99. The fraction of sp³-hybridized carbons (Fsp3) is 0.533. The molecule has 0 fully saturated rings. The van der Waals surface area contributed by atoms with E-state index in [1.54, 1.807) is 16.9 Å². The number of fused-ring (bicyclic) bond motifs is 1. The van der Waals surface area contributed by atoms with Crippen LogP contribution in [0.4, 0.5) is 0 Å². The topological polar surface area (TPSA) is 29.3 Å². The van der Waals surface area contributed by atoms with E-state index in [4.69, 9.17) is 0 Å². The zero-order valence-corrected chi connectivity index (χ0v) is 12.2. The Balaban J connectivity index is 1.65. The number of hydrogen-bond donors (Lipinski definition) is 1. The van der Waals surface area contributed by atoms with E-state index in [1.807, 2.05) is 0 Å². The van der Waals surface area contributed by atoms with Crippen LogP contribution in [0.5, 0.6) is 0 Å². The highest BCUT2D eigenvalue weighted by Crippen LogP contribution is 2.22. The molecule has 0 saturated carbocycles. The van der Waals surface area contributed by atoms with Crippen LogP contribution in [-0.2, 0) is 6.42 Å². The smallest absolute Gasteiger partial charge is 0.193 e. The molecule has 1 aliphatic rings. The average Bonchev–Trinajstić information content (AvgIpc) is 3.00. The second-order valence-electron chi connectivity index (χ2n) is 5.33. The lowest BCUT2D eigenvalue weighted by Crippen LogP contribution is -2.28. The summed E-state index contributed by atoms with van der Waals surface area (Å²) in [5.41, 5.74) is 2.83. The standard InChI is InChI=1S/C15H21N3S/c1-16-13(9-12-5-3-2-4-6-12)10-14-11-18-7-8-19-15(18)17-14/h5,7-8,11,13,16H,2-4,6,9-10H2,1H3. The van der Waals surface area contributed by atoms with Crippen molar-refractivity contribution < 1.29 is 0 Å². The summed E-state index contributed by atoms with van der Waals surface area (Å²) in [6.45, 7) is 0. The summed E-state index contributed by atoms with van der Waals surface area (Å²) in [6, 6.07) is 0.508. The van der Waals surface area contributed by atoms with E-state index in [-0.39, 0.29) is 0 Å². The van der Waals surface area contributed by atoms with Gasteiger partial charge in [0.25, 0.3) is 0 Å². The van der Waals surface area contributed by atoms with Crippen LogP contribution in [0.2, 0.25) is 0 Å². The minimum Gasteiger partial charge on any atom is -0.316 e. The van der Waals surface area contributed by atoms with Gasteiger partial charge in [-0.2, -0.15) is 0 Å². The van der Waals surface area contributed by atoms with E-state index in [9.17, 15) is 0 Å². The first kappa shape index (κ1) is 12.9. The molecule has 0 aromatic carbocycles. The molecule has 1 aliphatic carbocycles. The van der Waals surface area contributed by atoms with Gasteiger partial charge in [0.1, 0.15) is 0 Å². The van der Waals surface area contributed by atoms with E-state index < -0.39 is 0 Å². The van der Waals surface area contributed by atoms with Gasteiger partial charge in [-0.1, -0.05) is 11.6 Å². The lowest BCUT2D eigenvalue weighted by molar-refractivity contribution is 0.528. The highest BCUT2D eigenvalue weighted by atomic mass is 32.1. The molecular formula is C15H21N3S. The van der Waals surface area contributed by atoms with Gasteiger partial charge >= 0.3 is 0 Å². The predicted molar refractivity (Wildman–Crippen MR) is 80.8 cm³/mol. The molecule has 2 aromatic heterocycles. The van der Waals surface area contributed by atoms with Crippen molar-refractivity contribution in [3.05, 3.63) is 35.1 Å². The van der Waals surface area contributed by atoms with E-state index in [1.165, 1.54) is 37.8 Å². The van der Waals surface area contributed by atoms with Crippen molar-refractivity contribution in [3.63, 3.8) is 0 Å². The lowest BCUT2D eigenvalue weighted by Gasteiger charge is -2.19. The molecule has 0 bridgehead atoms. The Labute approximate surface area is 118 Å². The molecule has 0 aliphatic heterocycles. The molecule has 2 heterocycles. The SMILES string of the molecule is CNC(CC1=CCCCC1)Cc1cn2ccsc2n1. The molecule has 3 nitrogen and oxygen atoms in total. The maximum atomic E-state index is 4.68. The Bertz CT molecular complexity index is 538. The Morgan fingerprint density at radius 2 is 2.37 bits per heavy atom. The largest absolute Gasteiger partial charge is 0.316 e. The number of imidazole rings is 1. The Morgan fingerprint density at radius 3 is 3.11 bits per heavy atom. The van der Waals surface area contributed by atoms with Crippen molar-refractivity contribution in [1.29, 1.82) is 0 Å². The molecule has 3 rings (SSSR count). The van der Waals surface area contributed by atoms with Gasteiger partial charge in [-0.15, -0.1) is 11.3 Å². The first-order valence-electron chi connectivity index (χ1n) is 7.11. The second kappa shape index (κ2) is 5.88. The van der Waals surface area contributed by atoms with Crippen LogP contribution in [0.3, 0.4) is 0 Å². The number of nitrogens with one attached hydrogen (secondary N) is 1. The van der Waals surface area contributed by atoms with Gasteiger partial charge in [-0.05, 0) is 39.2 Å². The molecule has 1 atom stereocenters. The molecule has 4 heteroatoms. The number of nitrogens with zero attached hydrogens (tertiary/aromatic N) is 2. The van der Waals surface area contributed by atoms with E-state index in [2.05, 4.69) is 45.6 Å². The Morgan fingerprint density at radius 1 is 1.42 bits per heavy atom. The summed E-state index contributed by atoms with van der Waals surface area (Å²) in [5, 5.41) is 5.53. The maximum Gasteiger partial charge on any atom is 0.193 e. The molecule has 0 radical (unpaired) electrons. The van der Waals surface area contributed by atoms with Gasteiger partial charge in [0.2, 0.25) is 0 Å². The van der Waals surface area contributed by atoms with Gasteiger partial charge in [0.15, 0.2) is 4.96 Å². The molecule has 2 aromatic rings. The van der Waals surface area contributed by atoms with Gasteiger partial charge < -0.3 is 5.32 Å². The van der Waals surface area contributed by atoms with Gasteiger partial charge in [0.05, 0.1) is 5.69 Å². The molecule has 0 amide bonds. The van der Waals surface area contributed by atoms with Crippen molar-refractivity contribution in [3.8, 4) is 0 Å². The van der Waals surface area contributed by atoms with Crippen molar-refractivity contribution in [2.24, 2.45) is 0 Å². The molecular weight excluding hydrogens is 254 g/mol. The first-order chi connectivity index (χ1) is 9.35. The minimum atomic E-state index is 0.508. The van der Waals surface area contributed by atoms with E-state index in [0.29, 0.717) is 6.04 Å². The number of thiazole rings is 1. The van der Waals surface area contributed by atoms with Gasteiger partial charge in [0, 0.05) is 30.2 Å². The van der Waals surface area contributed by atoms with Crippen LogP contribution < -0.4 is 5.32 Å². The lowest BCUT2D eigenvalue weighted by atomic mass is 9.93. The van der Waals surface area contributed by atoms with E-state index in [0.717, 1.165) is 11.4 Å².